The van der Waals surface area contributed by atoms with Gasteiger partial charge in [-0.3, -0.25) is 0 Å². The van der Waals surface area contributed by atoms with Crippen molar-refractivity contribution in [1.29, 1.82) is 0 Å². The van der Waals surface area contributed by atoms with Crippen LogP contribution < -0.4 is 4.74 Å². The number of para-hydroxylation sites is 1. The molecule has 4 nitrogen and oxygen atoms in total. The van der Waals surface area contributed by atoms with E-state index in [0.717, 1.165) is 42.9 Å². The van der Waals surface area contributed by atoms with Crippen molar-refractivity contribution in [2.75, 3.05) is 26.4 Å². The van der Waals surface area contributed by atoms with E-state index >= 15 is 0 Å². The molecule has 0 aromatic heterocycles. The molecule has 0 spiro atoms. The van der Waals surface area contributed by atoms with Crippen LogP contribution in [0.2, 0.25) is 0 Å². The first-order valence-electron chi connectivity index (χ1n) is 7.23. The van der Waals surface area contributed by atoms with Crippen molar-refractivity contribution in [3.05, 3.63) is 29.3 Å². The molecule has 1 aromatic rings. The predicted molar refractivity (Wildman–Crippen MR) is 77.2 cm³/mol. The first-order valence-corrected chi connectivity index (χ1v) is 7.23. The fraction of sp³-hybridized carbons (Fsp3) is 0.625. The Morgan fingerprint density at radius 3 is 2.50 bits per heavy atom. The van der Waals surface area contributed by atoms with Gasteiger partial charge in [-0.25, -0.2) is 0 Å². The van der Waals surface area contributed by atoms with E-state index in [9.17, 15) is 5.11 Å². The van der Waals surface area contributed by atoms with Gasteiger partial charge in [-0.05, 0) is 37.8 Å². The number of aryl methyl sites for hydroxylation is 2. The van der Waals surface area contributed by atoms with Crippen LogP contribution in [0.15, 0.2) is 18.2 Å². The SMILES string of the molecule is Cc1cccc(C)c1OCC(O)COC1CCOCC1. The monoisotopic (exact) mass is 280 g/mol. The van der Waals surface area contributed by atoms with Gasteiger partial charge in [-0.2, -0.15) is 0 Å². The fourth-order valence-corrected chi connectivity index (χ4v) is 2.34. The minimum Gasteiger partial charge on any atom is -0.490 e. The van der Waals surface area contributed by atoms with Crippen LogP contribution in [-0.4, -0.2) is 43.7 Å². The molecule has 1 heterocycles. The highest BCUT2D eigenvalue weighted by Gasteiger charge is 2.16. The zero-order valence-electron chi connectivity index (χ0n) is 12.3. The molecular weight excluding hydrogens is 256 g/mol. The van der Waals surface area contributed by atoms with Gasteiger partial charge in [0.15, 0.2) is 0 Å². The molecule has 0 saturated carbocycles. The average molecular weight is 280 g/mol. The Morgan fingerprint density at radius 1 is 1.20 bits per heavy atom. The normalized spacial score (nSPS) is 17.9. The van der Waals surface area contributed by atoms with Gasteiger partial charge in [-0.1, -0.05) is 18.2 Å². The largest absolute Gasteiger partial charge is 0.490 e. The van der Waals surface area contributed by atoms with E-state index < -0.39 is 6.10 Å². The van der Waals surface area contributed by atoms with Crippen molar-refractivity contribution in [1.82, 2.24) is 0 Å². The first-order chi connectivity index (χ1) is 9.66. The van der Waals surface area contributed by atoms with E-state index in [1.807, 2.05) is 32.0 Å². The highest BCUT2D eigenvalue weighted by molar-refractivity contribution is 5.39. The summed E-state index contributed by atoms with van der Waals surface area (Å²) in [7, 11) is 0. The maximum atomic E-state index is 9.94. The zero-order chi connectivity index (χ0) is 14.4. The lowest BCUT2D eigenvalue weighted by Crippen LogP contribution is -2.30. The summed E-state index contributed by atoms with van der Waals surface area (Å²) in [5.74, 6) is 0.859. The second kappa shape index (κ2) is 7.62. The van der Waals surface area contributed by atoms with Gasteiger partial charge in [0.1, 0.15) is 18.5 Å². The van der Waals surface area contributed by atoms with Crippen LogP contribution in [0.5, 0.6) is 5.75 Å². The van der Waals surface area contributed by atoms with Crippen LogP contribution in [0.4, 0.5) is 0 Å². The van der Waals surface area contributed by atoms with Crippen LogP contribution in [-0.2, 0) is 9.47 Å². The summed E-state index contributed by atoms with van der Waals surface area (Å²) >= 11 is 0. The molecule has 1 unspecified atom stereocenters. The fourth-order valence-electron chi connectivity index (χ4n) is 2.34. The minimum absolute atomic E-state index is 0.207. The number of aliphatic hydroxyl groups excluding tert-OH is 1. The van der Waals surface area contributed by atoms with Gasteiger partial charge in [0, 0.05) is 13.2 Å². The standard InChI is InChI=1S/C16H24O4/c1-12-4-3-5-13(2)16(12)20-11-14(17)10-19-15-6-8-18-9-7-15/h3-5,14-15,17H,6-11H2,1-2H3. The van der Waals surface area contributed by atoms with Crippen LogP contribution in [0.3, 0.4) is 0 Å². The zero-order valence-corrected chi connectivity index (χ0v) is 12.3. The van der Waals surface area contributed by atoms with Crippen molar-refractivity contribution in [2.24, 2.45) is 0 Å². The Bertz CT molecular complexity index is 393. The number of rotatable bonds is 6. The molecule has 20 heavy (non-hydrogen) atoms. The van der Waals surface area contributed by atoms with Crippen molar-refractivity contribution < 1.29 is 19.3 Å². The highest BCUT2D eigenvalue weighted by atomic mass is 16.5. The molecule has 0 amide bonds. The third-order valence-corrected chi connectivity index (χ3v) is 3.52. The summed E-state index contributed by atoms with van der Waals surface area (Å²) in [6.07, 6.45) is 1.42. The first kappa shape index (κ1) is 15.3. The molecule has 1 atom stereocenters. The van der Waals surface area contributed by atoms with E-state index in [-0.39, 0.29) is 12.7 Å². The number of hydrogen-bond acceptors (Lipinski definition) is 4. The molecule has 4 heteroatoms. The summed E-state index contributed by atoms with van der Waals surface area (Å²) in [5, 5.41) is 9.94. The average Bonchev–Trinajstić information content (AvgIpc) is 2.46. The second-order valence-electron chi connectivity index (χ2n) is 5.33. The third kappa shape index (κ3) is 4.47. The van der Waals surface area contributed by atoms with E-state index in [4.69, 9.17) is 14.2 Å². The van der Waals surface area contributed by atoms with Gasteiger partial charge in [0.25, 0.3) is 0 Å². The predicted octanol–water partition coefficient (Wildman–Crippen LogP) is 2.24. The number of benzene rings is 1. The van der Waals surface area contributed by atoms with E-state index in [0.29, 0.717) is 6.61 Å². The van der Waals surface area contributed by atoms with Crippen molar-refractivity contribution in [3.63, 3.8) is 0 Å². The summed E-state index contributed by atoms with van der Waals surface area (Å²) in [4.78, 5) is 0. The summed E-state index contributed by atoms with van der Waals surface area (Å²) in [5.41, 5.74) is 2.17. The smallest absolute Gasteiger partial charge is 0.125 e. The van der Waals surface area contributed by atoms with Gasteiger partial charge < -0.3 is 19.3 Å². The lowest BCUT2D eigenvalue weighted by molar-refractivity contribution is -0.0660. The van der Waals surface area contributed by atoms with Crippen LogP contribution in [0, 0.1) is 13.8 Å². The summed E-state index contributed by atoms with van der Waals surface area (Å²) in [6.45, 7) is 6.09. The lowest BCUT2D eigenvalue weighted by atomic mass is 10.1. The lowest BCUT2D eigenvalue weighted by Gasteiger charge is -2.24. The van der Waals surface area contributed by atoms with Crippen LogP contribution in [0.25, 0.3) is 0 Å². The number of ether oxygens (including phenoxy) is 3. The Hall–Kier alpha value is -1.10. The number of hydrogen-bond donors (Lipinski definition) is 1. The van der Waals surface area contributed by atoms with Crippen molar-refractivity contribution in [3.8, 4) is 5.75 Å². The van der Waals surface area contributed by atoms with Crippen molar-refractivity contribution in [2.45, 2.75) is 38.9 Å². The summed E-state index contributed by atoms with van der Waals surface area (Å²) in [6, 6.07) is 6.02. The van der Waals surface area contributed by atoms with Crippen LogP contribution >= 0.6 is 0 Å². The second-order valence-corrected chi connectivity index (χ2v) is 5.33. The number of aliphatic hydroxyl groups is 1. The Balaban J connectivity index is 1.73. The summed E-state index contributed by atoms with van der Waals surface area (Å²) < 4.78 is 16.7. The molecule has 1 aliphatic heterocycles. The molecule has 2 rings (SSSR count). The quantitative estimate of drug-likeness (QED) is 0.868. The molecule has 0 radical (unpaired) electrons. The van der Waals surface area contributed by atoms with Gasteiger partial charge in [0.2, 0.25) is 0 Å². The third-order valence-electron chi connectivity index (χ3n) is 3.52. The van der Waals surface area contributed by atoms with Crippen LogP contribution in [0.1, 0.15) is 24.0 Å². The molecule has 1 aliphatic rings. The topological polar surface area (TPSA) is 47.9 Å². The Kier molecular flexibility index (Phi) is 5.83. The Labute approximate surface area is 120 Å². The maximum absolute atomic E-state index is 9.94. The van der Waals surface area contributed by atoms with E-state index in [1.165, 1.54) is 0 Å². The van der Waals surface area contributed by atoms with Gasteiger partial charge in [0.05, 0.1) is 12.7 Å². The molecule has 0 aliphatic carbocycles. The van der Waals surface area contributed by atoms with Gasteiger partial charge in [-0.15, -0.1) is 0 Å². The van der Waals surface area contributed by atoms with Gasteiger partial charge >= 0.3 is 0 Å². The maximum Gasteiger partial charge on any atom is 0.125 e. The minimum atomic E-state index is -0.600. The molecular formula is C16H24O4. The molecule has 0 bridgehead atoms. The highest BCUT2D eigenvalue weighted by Crippen LogP contribution is 2.22. The molecule has 1 aromatic carbocycles. The van der Waals surface area contributed by atoms with E-state index in [2.05, 4.69) is 0 Å². The van der Waals surface area contributed by atoms with Crippen molar-refractivity contribution >= 4 is 0 Å². The molecule has 1 saturated heterocycles. The molecule has 1 fully saturated rings. The molecule has 1 N–H and O–H groups in total. The Morgan fingerprint density at radius 2 is 1.85 bits per heavy atom. The van der Waals surface area contributed by atoms with E-state index in [1.54, 1.807) is 0 Å². The molecule has 112 valence electrons.